The maximum Gasteiger partial charge on any atom is 0.337 e. The highest BCUT2D eigenvalue weighted by molar-refractivity contribution is 6.07. The first-order valence-electron chi connectivity index (χ1n) is 7.83. The molecular weight excluding hydrogens is 316 g/mol. The summed E-state index contributed by atoms with van der Waals surface area (Å²) in [5.41, 5.74) is 4.03. The third kappa shape index (κ3) is 2.57. The topological polar surface area (TPSA) is 69.0 Å². The molecule has 0 radical (unpaired) electrons. The highest BCUT2D eigenvalue weighted by Gasteiger charge is 2.13. The molecular formula is C19H16N4O2. The van der Waals surface area contributed by atoms with E-state index in [2.05, 4.69) is 15.4 Å². The number of ether oxygens (including phenoxy) is 1. The molecule has 0 bridgehead atoms. The van der Waals surface area contributed by atoms with Crippen molar-refractivity contribution >= 4 is 39.3 Å². The molecule has 4 aromatic rings. The van der Waals surface area contributed by atoms with E-state index < -0.39 is 0 Å². The van der Waals surface area contributed by atoms with Crippen LogP contribution >= 0.6 is 0 Å². The first-order chi connectivity index (χ1) is 12.2. The monoisotopic (exact) mass is 332 g/mol. The predicted octanol–water partition coefficient (Wildman–Crippen LogP) is 3.65. The number of hydrogen-bond acceptors (Lipinski definition) is 5. The van der Waals surface area contributed by atoms with Crippen molar-refractivity contribution in [1.29, 1.82) is 0 Å². The number of benzene rings is 2. The average Bonchev–Trinajstić information content (AvgIpc) is 3.02. The molecule has 6 nitrogen and oxygen atoms in total. The van der Waals surface area contributed by atoms with E-state index >= 15 is 0 Å². The van der Waals surface area contributed by atoms with Crippen LogP contribution in [0.3, 0.4) is 0 Å². The van der Waals surface area contributed by atoms with E-state index in [4.69, 9.17) is 4.74 Å². The molecule has 6 heteroatoms. The van der Waals surface area contributed by atoms with E-state index in [1.165, 1.54) is 7.11 Å². The van der Waals surface area contributed by atoms with Gasteiger partial charge in [-0.05, 0) is 30.3 Å². The Kier molecular flexibility index (Phi) is 3.57. The number of anilines is 2. The van der Waals surface area contributed by atoms with Crippen LogP contribution in [0.2, 0.25) is 0 Å². The van der Waals surface area contributed by atoms with Gasteiger partial charge >= 0.3 is 5.97 Å². The molecule has 2 aromatic carbocycles. The quantitative estimate of drug-likeness (QED) is 0.580. The molecule has 0 aliphatic heterocycles. The van der Waals surface area contributed by atoms with Gasteiger partial charge in [-0.1, -0.05) is 18.2 Å². The zero-order valence-electron chi connectivity index (χ0n) is 13.9. The van der Waals surface area contributed by atoms with Gasteiger partial charge in [0.2, 0.25) is 0 Å². The van der Waals surface area contributed by atoms with E-state index in [1.807, 2.05) is 43.4 Å². The predicted molar refractivity (Wildman–Crippen MR) is 97.1 cm³/mol. The van der Waals surface area contributed by atoms with Gasteiger partial charge in [0.25, 0.3) is 0 Å². The molecule has 0 fully saturated rings. The van der Waals surface area contributed by atoms with E-state index in [-0.39, 0.29) is 5.97 Å². The zero-order chi connectivity index (χ0) is 17.4. The Morgan fingerprint density at radius 3 is 2.60 bits per heavy atom. The summed E-state index contributed by atoms with van der Waals surface area (Å²) in [6.45, 7) is 0. The largest absolute Gasteiger partial charge is 0.465 e. The van der Waals surface area contributed by atoms with Crippen LogP contribution in [0.4, 0.5) is 11.4 Å². The van der Waals surface area contributed by atoms with Gasteiger partial charge in [-0.3, -0.25) is 4.68 Å². The van der Waals surface area contributed by atoms with Crippen LogP contribution in [0.1, 0.15) is 10.4 Å². The third-order valence-corrected chi connectivity index (χ3v) is 4.15. The minimum absolute atomic E-state index is 0.351. The van der Waals surface area contributed by atoms with Gasteiger partial charge in [0.15, 0.2) is 5.65 Å². The number of aromatic nitrogens is 3. The Morgan fingerprint density at radius 2 is 1.84 bits per heavy atom. The van der Waals surface area contributed by atoms with Crippen LogP contribution in [0.15, 0.2) is 54.7 Å². The highest BCUT2D eigenvalue weighted by atomic mass is 16.5. The molecule has 0 atom stereocenters. The lowest BCUT2D eigenvalue weighted by Gasteiger charge is -2.12. The fraction of sp³-hybridized carbons (Fsp3) is 0.105. The number of pyridine rings is 1. The maximum absolute atomic E-state index is 11.6. The number of rotatable bonds is 3. The standard InChI is InChI=1S/C19H16N4O2/c1-23-18-15(11-20-23)17(14-5-3-4-6-16(14)22-18)21-13-9-7-12(8-10-13)19(24)25-2/h3-11H,1-2H3,(H,21,22). The van der Waals surface area contributed by atoms with Crippen molar-refractivity contribution in [3.05, 3.63) is 60.3 Å². The van der Waals surface area contributed by atoms with Gasteiger partial charge in [-0.15, -0.1) is 0 Å². The molecule has 25 heavy (non-hydrogen) atoms. The SMILES string of the molecule is COC(=O)c1ccc(Nc2c3ccccc3nc3c2cnn3C)cc1. The second kappa shape index (κ2) is 5.90. The van der Waals surface area contributed by atoms with Crippen molar-refractivity contribution in [1.82, 2.24) is 14.8 Å². The molecule has 124 valence electrons. The lowest BCUT2D eigenvalue weighted by molar-refractivity contribution is 0.0601. The van der Waals surface area contributed by atoms with Crippen LogP contribution in [0.25, 0.3) is 21.9 Å². The van der Waals surface area contributed by atoms with Gasteiger partial charge < -0.3 is 10.1 Å². The highest BCUT2D eigenvalue weighted by Crippen LogP contribution is 2.32. The third-order valence-electron chi connectivity index (χ3n) is 4.15. The normalized spacial score (nSPS) is 11.0. The van der Waals surface area contributed by atoms with Gasteiger partial charge in [0.1, 0.15) is 0 Å². The number of esters is 1. The zero-order valence-corrected chi connectivity index (χ0v) is 13.9. The second-order valence-corrected chi connectivity index (χ2v) is 5.70. The van der Waals surface area contributed by atoms with Crippen LogP contribution in [-0.4, -0.2) is 27.8 Å². The summed E-state index contributed by atoms with van der Waals surface area (Å²) in [7, 11) is 3.25. The Labute approximate surface area is 144 Å². The van der Waals surface area contributed by atoms with Gasteiger partial charge in [-0.2, -0.15) is 5.10 Å². The smallest absolute Gasteiger partial charge is 0.337 e. The van der Waals surface area contributed by atoms with Crippen LogP contribution in [0.5, 0.6) is 0 Å². The van der Waals surface area contributed by atoms with E-state index in [0.717, 1.165) is 33.3 Å². The van der Waals surface area contributed by atoms with E-state index in [0.29, 0.717) is 5.56 Å². The first kappa shape index (κ1) is 15.1. The Bertz CT molecular complexity index is 1080. The molecule has 1 N–H and O–H groups in total. The van der Waals surface area contributed by atoms with Crippen molar-refractivity contribution < 1.29 is 9.53 Å². The van der Waals surface area contributed by atoms with Crippen molar-refractivity contribution in [2.75, 3.05) is 12.4 Å². The van der Waals surface area contributed by atoms with Crippen LogP contribution in [-0.2, 0) is 11.8 Å². The Morgan fingerprint density at radius 1 is 1.08 bits per heavy atom. The van der Waals surface area contributed by atoms with Crippen LogP contribution in [0, 0.1) is 0 Å². The summed E-state index contributed by atoms with van der Waals surface area (Å²) < 4.78 is 6.49. The van der Waals surface area contributed by atoms with Gasteiger partial charge in [0, 0.05) is 18.1 Å². The lowest BCUT2D eigenvalue weighted by atomic mass is 10.1. The number of fused-ring (bicyclic) bond motifs is 2. The number of nitrogens with zero attached hydrogens (tertiary/aromatic N) is 3. The maximum atomic E-state index is 11.6. The summed E-state index contributed by atoms with van der Waals surface area (Å²) in [6, 6.07) is 15.1. The number of methoxy groups -OCH3 is 1. The Balaban J connectivity index is 1.83. The van der Waals surface area contributed by atoms with E-state index in [1.54, 1.807) is 23.0 Å². The molecule has 0 saturated heterocycles. The van der Waals surface area contributed by atoms with Crippen molar-refractivity contribution in [2.24, 2.45) is 7.05 Å². The first-order valence-corrected chi connectivity index (χ1v) is 7.83. The molecule has 0 aliphatic carbocycles. The van der Waals surface area contributed by atoms with E-state index in [9.17, 15) is 4.79 Å². The fourth-order valence-corrected chi connectivity index (χ4v) is 2.87. The number of carbonyl (C=O) groups is 1. The summed E-state index contributed by atoms with van der Waals surface area (Å²) in [5.74, 6) is -0.351. The number of hydrogen-bond donors (Lipinski definition) is 1. The second-order valence-electron chi connectivity index (χ2n) is 5.70. The molecule has 0 saturated carbocycles. The summed E-state index contributed by atoms with van der Waals surface area (Å²) in [4.78, 5) is 16.3. The van der Waals surface area contributed by atoms with Crippen LogP contribution < -0.4 is 5.32 Å². The number of aryl methyl sites for hydroxylation is 1. The molecule has 0 amide bonds. The molecule has 0 unspecified atom stereocenters. The number of para-hydroxylation sites is 1. The summed E-state index contributed by atoms with van der Waals surface area (Å²) >= 11 is 0. The molecule has 2 heterocycles. The number of carbonyl (C=O) groups excluding carboxylic acids is 1. The minimum atomic E-state index is -0.351. The summed E-state index contributed by atoms with van der Waals surface area (Å²) in [6.07, 6.45) is 1.81. The minimum Gasteiger partial charge on any atom is -0.465 e. The van der Waals surface area contributed by atoms with Crippen molar-refractivity contribution in [3.63, 3.8) is 0 Å². The Hall–Kier alpha value is -3.41. The van der Waals surface area contributed by atoms with Crippen molar-refractivity contribution in [3.8, 4) is 0 Å². The molecule has 0 spiro atoms. The van der Waals surface area contributed by atoms with Gasteiger partial charge in [0.05, 0.1) is 35.5 Å². The molecule has 2 aromatic heterocycles. The van der Waals surface area contributed by atoms with Crippen molar-refractivity contribution in [2.45, 2.75) is 0 Å². The average molecular weight is 332 g/mol. The summed E-state index contributed by atoms with van der Waals surface area (Å²) in [5, 5.41) is 9.72. The number of nitrogens with one attached hydrogen (secondary N) is 1. The fourth-order valence-electron chi connectivity index (χ4n) is 2.87. The molecule has 4 rings (SSSR count). The lowest BCUT2D eigenvalue weighted by Crippen LogP contribution is -2.01. The molecule has 0 aliphatic rings. The van der Waals surface area contributed by atoms with Gasteiger partial charge in [-0.25, -0.2) is 9.78 Å².